The molecule has 1 fully saturated rings. The zero-order chi connectivity index (χ0) is 16.6. The van der Waals surface area contributed by atoms with Crippen molar-refractivity contribution in [3.63, 3.8) is 0 Å². The van der Waals surface area contributed by atoms with Crippen molar-refractivity contribution in [1.29, 1.82) is 0 Å². The average Bonchev–Trinajstić information content (AvgIpc) is 2.96. The second kappa shape index (κ2) is 6.17. The summed E-state index contributed by atoms with van der Waals surface area (Å²) < 4.78 is 9.88. The fourth-order valence-corrected chi connectivity index (χ4v) is 2.92. The number of anilines is 1. The molecule has 0 bridgehead atoms. The second-order valence-electron chi connectivity index (χ2n) is 5.75. The molecule has 1 saturated heterocycles. The van der Waals surface area contributed by atoms with Crippen LogP contribution in [0, 0.1) is 0 Å². The molecule has 0 aliphatic carbocycles. The van der Waals surface area contributed by atoms with E-state index in [0.717, 1.165) is 36.6 Å². The molecule has 0 radical (unpaired) electrons. The van der Waals surface area contributed by atoms with Crippen LogP contribution in [-0.2, 0) is 25.4 Å². The molecule has 2 aromatic rings. The van der Waals surface area contributed by atoms with Gasteiger partial charge in [-0.15, -0.1) is 0 Å². The van der Waals surface area contributed by atoms with Crippen LogP contribution in [0.25, 0.3) is 11.2 Å². The van der Waals surface area contributed by atoms with E-state index >= 15 is 0 Å². The first-order valence-corrected chi connectivity index (χ1v) is 7.84. The summed E-state index contributed by atoms with van der Waals surface area (Å²) in [5.41, 5.74) is 4.11. The van der Waals surface area contributed by atoms with Gasteiger partial charge in [-0.1, -0.05) is 0 Å². The van der Waals surface area contributed by atoms with E-state index in [4.69, 9.17) is 4.74 Å². The van der Waals surface area contributed by atoms with Crippen LogP contribution in [0.4, 0.5) is 5.95 Å². The quantitative estimate of drug-likeness (QED) is 0.695. The van der Waals surface area contributed by atoms with Crippen molar-refractivity contribution in [3.05, 3.63) is 20.8 Å². The highest BCUT2D eigenvalue weighted by Gasteiger charge is 2.23. The topological polar surface area (TPSA) is 102 Å². The monoisotopic (exact) mass is 323 g/mol. The lowest BCUT2D eigenvalue weighted by molar-refractivity contribution is -0.368. The first-order valence-electron chi connectivity index (χ1n) is 7.84. The van der Waals surface area contributed by atoms with Gasteiger partial charge >= 0.3 is 5.69 Å². The number of quaternary nitrogens is 1. The van der Waals surface area contributed by atoms with Crippen LogP contribution >= 0.6 is 0 Å². The largest absolute Gasteiger partial charge is 0.378 e. The number of hydrogen-bond donors (Lipinski definition) is 1. The number of hydrogen-bond acceptors (Lipinski definition) is 5. The number of rotatable bonds is 4. The number of morpholine rings is 1. The Labute approximate surface area is 132 Å². The van der Waals surface area contributed by atoms with E-state index < -0.39 is 0 Å². The number of fused-ring (bicyclic) bond motifs is 1. The SMILES string of the molecule is Cn1c(=O)c2c(nc(N3CCOCC3)n2CCC[NH3+])n(C)c1=O. The number of imidazole rings is 1. The van der Waals surface area contributed by atoms with Crippen molar-refractivity contribution in [2.24, 2.45) is 14.1 Å². The van der Waals surface area contributed by atoms with Crippen LogP contribution in [0.5, 0.6) is 0 Å². The molecule has 2 aromatic heterocycles. The van der Waals surface area contributed by atoms with E-state index in [-0.39, 0.29) is 11.2 Å². The van der Waals surface area contributed by atoms with Gasteiger partial charge in [0.1, 0.15) is 0 Å². The van der Waals surface area contributed by atoms with Crippen LogP contribution in [0.3, 0.4) is 0 Å². The van der Waals surface area contributed by atoms with Crippen molar-refractivity contribution in [2.75, 3.05) is 37.7 Å². The molecular formula is C14H23N6O3+. The second-order valence-corrected chi connectivity index (χ2v) is 5.75. The van der Waals surface area contributed by atoms with E-state index in [1.807, 2.05) is 4.57 Å². The Kier molecular flexibility index (Phi) is 4.22. The van der Waals surface area contributed by atoms with Crippen LogP contribution in [0.15, 0.2) is 9.59 Å². The maximum absolute atomic E-state index is 12.6. The standard InChI is InChI=1S/C14H22N6O3/c1-17-11-10(12(21)18(2)14(17)22)20(5-3-4-15)13(16-11)19-6-8-23-9-7-19/h3-9,15H2,1-2H3/p+1. The molecule has 23 heavy (non-hydrogen) atoms. The third kappa shape index (κ3) is 2.55. The Morgan fingerprint density at radius 2 is 1.87 bits per heavy atom. The predicted molar refractivity (Wildman–Crippen MR) is 85.6 cm³/mol. The molecule has 0 aromatic carbocycles. The third-order valence-electron chi connectivity index (χ3n) is 4.25. The first-order chi connectivity index (χ1) is 11.1. The van der Waals surface area contributed by atoms with Gasteiger partial charge in [0, 0.05) is 40.2 Å². The molecule has 1 aliphatic heterocycles. The zero-order valence-corrected chi connectivity index (χ0v) is 13.6. The normalized spacial score (nSPS) is 15.5. The van der Waals surface area contributed by atoms with Gasteiger partial charge in [-0.2, -0.15) is 4.98 Å². The minimum absolute atomic E-state index is 0.306. The molecule has 3 heterocycles. The lowest BCUT2D eigenvalue weighted by Crippen LogP contribution is -2.50. The molecule has 0 saturated carbocycles. The van der Waals surface area contributed by atoms with Gasteiger partial charge in [0.05, 0.1) is 19.8 Å². The van der Waals surface area contributed by atoms with E-state index in [0.29, 0.717) is 30.9 Å². The molecule has 0 unspecified atom stereocenters. The number of aromatic nitrogens is 4. The Bertz CT molecular complexity index is 828. The Morgan fingerprint density at radius 1 is 1.17 bits per heavy atom. The maximum Gasteiger partial charge on any atom is 0.332 e. The van der Waals surface area contributed by atoms with Gasteiger partial charge in [0.25, 0.3) is 5.56 Å². The highest BCUT2D eigenvalue weighted by molar-refractivity contribution is 5.74. The summed E-state index contributed by atoms with van der Waals surface area (Å²) in [4.78, 5) is 31.5. The fourth-order valence-electron chi connectivity index (χ4n) is 2.92. The smallest absolute Gasteiger partial charge is 0.332 e. The molecule has 126 valence electrons. The van der Waals surface area contributed by atoms with Crippen LogP contribution in [0.1, 0.15) is 6.42 Å². The van der Waals surface area contributed by atoms with E-state index in [1.54, 1.807) is 7.05 Å². The average molecular weight is 323 g/mol. The molecular weight excluding hydrogens is 300 g/mol. The highest BCUT2D eigenvalue weighted by atomic mass is 16.5. The minimum Gasteiger partial charge on any atom is -0.378 e. The predicted octanol–water partition coefficient (Wildman–Crippen LogP) is -2.10. The number of ether oxygens (including phenoxy) is 1. The summed E-state index contributed by atoms with van der Waals surface area (Å²) in [5.74, 6) is 0.732. The lowest BCUT2D eigenvalue weighted by Gasteiger charge is -2.28. The van der Waals surface area contributed by atoms with E-state index in [2.05, 4.69) is 15.6 Å². The minimum atomic E-state index is -0.363. The molecule has 9 heteroatoms. The number of aryl methyl sites for hydroxylation is 2. The maximum atomic E-state index is 12.6. The van der Waals surface area contributed by atoms with Crippen LogP contribution in [-0.4, -0.2) is 51.5 Å². The van der Waals surface area contributed by atoms with Crippen LogP contribution < -0.4 is 21.9 Å². The third-order valence-corrected chi connectivity index (χ3v) is 4.25. The highest BCUT2D eigenvalue weighted by Crippen LogP contribution is 2.20. The van der Waals surface area contributed by atoms with Gasteiger partial charge in [0.2, 0.25) is 5.95 Å². The van der Waals surface area contributed by atoms with Gasteiger partial charge in [-0.05, 0) is 0 Å². The molecule has 3 N–H and O–H groups in total. The van der Waals surface area contributed by atoms with Gasteiger partial charge in [0.15, 0.2) is 11.2 Å². The van der Waals surface area contributed by atoms with Gasteiger partial charge in [-0.3, -0.25) is 13.9 Å². The summed E-state index contributed by atoms with van der Waals surface area (Å²) in [6.07, 6.45) is 0.842. The Balaban J connectivity index is 2.26. The summed E-state index contributed by atoms with van der Waals surface area (Å²) in [6, 6.07) is 0. The Hall–Kier alpha value is -2.13. The van der Waals surface area contributed by atoms with Crippen molar-refractivity contribution in [3.8, 4) is 0 Å². The molecule has 3 rings (SSSR count). The zero-order valence-electron chi connectivity index (χ0n) is 13.6. The van der Waals surface area contributed by atoms with Crippen molar-refractivity contribution in [1.82, 2.24) is 18.7 Å². The van der Waals surface area contributed by atoms with Crippen LogP contribution in [0.2, 0.25) is 0 Å². The summed E-state index contributed by atoms with van der Waals surface area (Å²) in [5, 5.41) is 0. The van der Waals surface area contributed by atoms with Crippen molar-refractivity contribution in [2.45, 2.75) is 13.0 Å². The fraction of sp³-hybridized carbons (Fsp3) is 0.643. The molecule has 0 spiro atoms. The first kappa shape index (κ1) is 15.8. The Morgan fingerprint density at radius 3 is 2.52 bits per heavy atom. The van der Waals surface area contributed by atoms with E-state index in [9.17, 15) is 9.59 Å². The number of nitrogens with zero attached hydrogens (tertiary/aromatic N) is 5. The molecule has 9 nitrogen and oxygen atoms in total. The molecule has 1 aliphatic rings. The van der Waals surface area contributed by atoms with E-state index in [1.165, 1.54) is 11.6 Å². The van der Waals surface area contributed by atoms with Crippen molar-refractivity contribution < 1.29 is 10.5 Å². The summed E-state index contributed by atoms with van der Waals surface area (Å²) >= 11 is 0. The summed E-state index contributed by atoms with van der Waals surface area (Å²) in [7, 11) is 3.14. The lowest BCUT2D eigenvalue weighted by atomic mass is 10.4. The van der Waals surface area contributed by atoms with Crippen molar-refractivity contribution >= 4 is 17.1 Å². The molecule has 0 atom stereocenters. The van der Waals surface area contributed by atoms with Gasteiger partial charge < -0.3 is 19.9 Å². The summed E-state index contributed by atoms with van der Waals surface area (Å²) in [6.45, 7) is 4.14. The molecule has 0 amide bonds. The van der Waals surface area contributed by atoms with Gasteiger partial charge in [-0.25, -0.2) is 4.79 Å².